The first-order chi connectivity index (χ1) is 15.1. The van der Waals surface area contributed by atoms with Gasteiger partial charge >= 0.3 is 11.8 Å². The quantitative estimate of drug-likeness (QED) is 0.415. The summed E-state index contributed by atoms with van der Waals surface area (Å²) >= 11 is 0. The number of carbonyl (C=O) groups is 2. The van der Waals surface area contributed by atoms with Crippen LogP contribution in [-0.2, 0) is 16.0 Å². The minimum atomic E-state index is -0.871. The van der Waals surface area contributed by atoms with Crippen molar-refractivity contribution in [1.82, 2.24) is 15.3 Å². The van der Waals surface area contributed by atoms with Crippen LogP contribution in [0.2, 0.25) is 0 Å². The summed E-state index contributed by atoms with van der Waals surface area (Å²) in [5.41, 5.74) is 1.82. The minimum absolute atomic E-state index is 0.0148. The molecule has 0 fully saturated rings. The number of hydrogen-bond acceptors (Lipinski definition) is 4. The summed E-state index contributed by atoms with van der Waals surface area (Å²) in [4.78, 5) is 31.2. The highest BCUT2D eigenvalue weighted by molar-refractivity contribution is 6.39. The predicted octanol–water partition coefficient (Wildman–Crippen LogP) is 3.79. The van der Waals surface area contributed by atoms with Crippen LogP contribution in [0.3, 0.4) is 0 Å². The number of aromatic amines is 1. The standard InChI is InChI=1S/C23H19FN4O3/c24-18-14-16(28-23(30)22(29)27-11-8-15-4-2-1-3-5-15)6-7-20(18)31-19-10-13-26-21-17(19)9-12-25-21/h1-7,9-10,12-14H,8,11H2,(H,25,26)(H,27,29)(H,28,30). The van der Waals surface area contributed by atoms with Gasteiger partial charge in [-0.05, 0) is 36.2 Å². The van der Waals surface area contributed by atoms with Crippen molar-refractivity contribution in [3.8, 4) is 11.5 Å². The van der Waals surface area contributed by atoms with Crippen LogP contribution < -0.4 is 15.4 Å². The molecule has 4 rings (SSSR count). The van der Waals surface area contributed by atoms with Crippen molar-refractivity contribution in [2.45, 2.75) is 6.42 Å². The van der Waals surface area contributed by atoms with Crippen molar-refractivity contribution in [2.75, 3.05) is 11.9 Å². The van der Waals surface area contributed by atoms with Crippen LogP contribution >= 0.6 is 0 Å². The zero-order chi connectivity index (χ0) is 21.6. The van der Waals surface area contributed by atoms with Crippen LogP contribution in [0.25, 0.3) is 11.0 Å². The lowest BCUT2D eigenvalue weighted by Gasteiger charge is -2.10. The maximum atomic E-state index is 14.5. The number of nitrogens with one attached hydrogen (secondary N) is 3. The van der Waals surface area contributed by atoms with Crippen LogP contribution in [0.1, 0.15) is 5.56 Å². The molecular weight excluding hydrogens is 399 g/mol. The zero-order valence-electron chi connectivity index (χ0n) is 16.4. The third-order valence-corrected chi connectivity index (χ3v) is 4.58. The van der Waals surface area contributed by atoms with Gasteiger partial charge in [-0.3, -0.25) is 9.59 Å². The Hall–Kier alpha value is -4.20. The van der Waals surface area contributed by atoms with Crippen LogP contribution in [0.4, 0.5) is 10.1 Å². The number of pyridine rings is 1. The Labute approximate surface area is 177 Å². The van der Waals surface area contributed by atoms with Crippen molar-refractivity contribution in [1.29, 1.82) is 0 Å². The van der Waals surface area contributed by atoms with E-state index in [0.717, 1.165) is 11.6 Å². The van der Waals surface area contributed by atoms with Gasteiger partial charge in [-0.1, -0.05) is 30.3 Å². The van der Waals surface area contributed by atoms with E-state index in [0.29, 0.717) is 29.7 Å². The Kier molecular flexibility index (Phi) is 5.89. The Morgan fingerprint density at radius 1 is 1.00 bits per heavy atom. The number of H-pyrrole nitrogens is 1. The molecule has 0 aliphatic heterocycles. The van der Waals surface area contributed by atoms with Crippen molar-refractivity contribution >= 4 is 28.5 Å². The second-order valence-corrected chi connectivity index (χ2v) is 6.74. The highest BCUT2D eigenvalue weighted by Crippen LogP contribution is 2.31. The molecule has 0 spiro atoms. The number of carbonyl (C=O) groups excluding carboxylic acids is 2. The molecule has 4 aromatic rings. The van der Waals surface area contributed by atoms with Gasteiger partial charge in [-0.25, -0.2) is 9.37 Å². The van der Waals surface area contributed by atoms with Gasteiger partial charge in [0.05, 0.1) is 5.39 Å². The summed E-state index contributed by atoms with van der Waals surface area (Å²) in [5.74, 6) is -1.91. The number of aromatic nitrogens is 2. The third-order valence-electron chi connectivity index (χ3n) is 4.58. The lowest BCUT2D eigenvalue weighted by atomic mass is 10.1. The van der Waals surface area contributed by atoms with E-state index in [1.54, 1.807) is 24.5 Å². The number of fused-ring (bicyclic) bond motifs is 1. The van der Waals surface area contributed by atoms with Gasteiger partial charge in [-0.15, -0.1) is 0 Å². The number of amides is 2. The average Bonchev–Trinajstić information content (AvgIpc) is 3.26. The van der Waals surface area contributed by atoms with Crippen molar-refractivity contribution in [3.63, 3.8) is 0 Å². The zero-order valence-corrected chi connectivity index (χ0v) is 16.4. The summed E-state index contributed by atoms with van der Waals surface area (Å²) in [5, 5.41) is 5.65. The molecule has 0 saturated carbocycles. The molecule has 0 atom stereocenters. The highest BCUT2D eigenvalue weighted by atomic mass is 19.1. The van der Waals surface area contributed by atoms with Gasteiger partial charge in [0, 0.05) is 30.7 Å². The Bertz CT molecular complexity index is 1220. The molecule has 0 saturated heterocycles. The van der Waals surface area contributed by atoms with Crippen LogP contribution in [0.5, 0.6) is 11.5 Å². The van der Waals surface area contributed by atoms with Crippen molar-refractivity contribution in [3.05, 3.63) is 84.4 Å². The number of ether oxygens (including phenoxy) is 1. The lowest BCUT2D eigenvalue weighted by molar-refractivity contribution is -0.136. The van der Waals surface area contributed by atoms with E-state index in [1.807, 2.05) is 30.3 Å². The van der Waals surface area contributed by atoms with E-state index < -0.39 is 17.6 Å². The van der Waals surface area contributed by atoms with Crippen LogP contribution in [0.15, 0.2) is 73.1 Å². The summed E-state index contributed by atoms with van der Waals surface area (Å²) in [6.45, 7) is 0.316. The van der Waals surface area contributed by atoms with Gasteiger partial charge in [0.15, 0.2) is 11.6 Å². The number of benzene rings is 2. The average molecular weight is 418 g/mol. The third kappa shape index (κ3) is 4.87. The first-order valence-electron chi connectivity index (χ1n) is 9.63. The summed E-state index contributed by atoms with van der Waals surface area (Å²) in [7, 11) is 0. The fourth-order valence-electron chi connectivity index (χ4n) is 3.04. The molecule has 31 heavy (non-hydrogen) atoms. The second-order valence-electron chi connectivity index (χ2n) is 6.74. The molecule has 8 heteroatoms. The Morgan fingerprint density at radius 2 is 1.84 bits per heavy atom. The number of hydrogen-bond donors (Lipinski definition) is 3. The van der Waals surface area contributed by atoms with Crippen molar-refractivity contribution < 1.29 is 18.7 Å². The van der Waals surface area contributed by atoms with Gasteiger partial charge in [0.2, 0.25) is 0 Å². The van der Waals surface area contributed by atoms with Gasteiger partial charge in [0.1, 0.15) is 11.4 Å². The Morgan fingerprint density at radius 3 is 2.65 bits per heavy atom. The van der Waals surface area contributed by atoms with Gasteiger partial charge in [-0.2, -0.15) is 0 Å². The van der Waals surface area contributed by atoms with E-state index in [1.165, 1.54) is 12.1 Å². The molecule has 156 valence electrons. The molecule has 0 aliphatic rings. The molecule has 3 N–H and O–H groups in total. The predicted molar refractivity (Wildman–Crippen MR) is 114 cm³/mol. The lowest BCUT2D eigenvalue weighted by Crippen LogP contribution is -2.36. The topological polar surface area (TPSA) is 96.1 Å². The molecule has 0 unspecified atom stereocenters. The summed E-state index contributed by atoms with van der Waals surface area (Å²) in [6.07, 6.45) is 3.87. The normalized spacial score (nSPS) is 10.6. The van der Waals surface area contributed by atoms with Crippen LogP contribution in [-0.4, -0.2) is 28.3 Å². The van der Waals surface area contributed by atoms with E-state index in [2.05, 4.69) is 20.6 Å². The largest absolute Gasteiger partial charge is 0.453 e. The van der Waals surface area contributed by atoms with E-state index in [9.17, 15) is 14.0 Å². The molecule has 2 amide bonds. The molecule has 0 bridgehead atoms. The molecule has 2 heterocycles. The number of nitrogens with zero attached hydrogens (tertiary/aromatic N) is 1. The number of anilines is 1. The maximum Gasteiger partial charge on any atom is 0.313 e. The molecule has 2 aromatic carbocycles. The van der Waals surface area contributed by atoms with Gasteiger partial charge < -0.3 is 20.4 Å². The highest BCUT2D eigenvalue weighted by Gasteiger charge is 2.15. The first kappa shape index (κ1) is 20.1. The van der Waals surface area contributed by atoms with E-state index in [-0.39, 0.29) is 11.4 Å². The molecular formula is C23H19FN4O3. The SMILES string of the molecule is O=C(NCCc1ccccc1)C(=O)Nc1ccc(Oc2ccnc3[nH]ccc23)c(F)c1. The Balaban J connectivity index is 1.35. The van der Waals surface area contributed by atoms with Crippen molar-refractivity contribution in [2.24, 2.45) is 0 Å². The van der Waals surface area contributed by atoms with E-state index >= 15 is 0 Å². The monoisotopic (exact) mass is 418 g/mol. The van der Waals surface area contributed by atoms with Crippen LogP contribution in [0, 0.1) is 5.82 Å². The maximum absolute atomic E-state index is 14.5. The minimum Gasteiger partial charge on any atom is -0.453 e. The number of halogens is 1. The fourth-order valence-corrected chi connectivity index (χ4v) is 3.04. The number of rotatable bonds is 6. The molecule has 7 nitrogen and oxygen atoms in total. The van der Waals surface area contributed by atoms with Gasteiger partial charge in [0.25, 0.3) is 0 Å². The second kappa shape index (κ2) is 9.08. The van der Waals surface area contributed by atoms with E-state index in [4.69, 9.17) is 4.74 Å². The summed E-state index contributed by atoms with van der Waals surface area (Å²) < 4.78 is 20.2. The summed E-state index contributed by atoms with van der Waals surface area (Å²) in [6, 6.07) is 16.9. The first-order valence-corrected chi connectivity index (χ1v) is 9.63. The molecule has 0 radical (unpaired) electrons. The molecule has 2 aromatic heterocycles. The smallest absolute Gasteiger partial charge is 0.313 e. The molecule has 0 aliphatic carbocycles. The fraction of sp³-hybridized carbons (Fsp3) is 0.0870.